The second-order valence-corrected chi connectivity index (χ2v) is 4.91. The van der Waals surface area contributed by atoms with Crippen LogP contribution < -0.4 is 5.32 Å². The van der Waals surface area contributed by atoms with Crippen LogP contribution >= 0.6 is 11.6 Å². The summed E-state index contributed by atoms with van der Waals surface area (Å²) in [5, 5.41) is 22.8. The van der Waals surface area contributed by atoms with Gasteiger partial charge in [0.05, 0.1) is 11.0 Å². The van der Waals surface area contributed by atoms with Gasteiger partial charge in [0.2, 0.25) is 0 Å². The average molecular weight is 287 g/mol. The van der Waals surface area contributed by atoms with Gasteiger partial charge in [0.15, 0.2) is 0 Å². The second-order valence-electron chi connectivity index (χ2n) is 4.48. The highest BCUT2D eigenvalue weighted by Gasteiger charge is 2.15. The number of nitro benzene ring substituents is 1. The van der Waals surface area contributed by atoms with Crippen LogP contribution in [-0.2, 0) is 0 Å². The third-order valence-corrected chi connectivity index (χ3v) is 2.82. The van der Waals surface area contributed by atoms with Crippen molar-refractivity contribution in [3.8, 4) is 0 Å². The van der Waals surface area contributed by atoms with Crippen molar-refractivity contribution in [2.75, 3.05) is 6.54 Å². The molecule has 0 saturated carbocycles. The van der Waals surface area contributed by atoms with Crippen LogP contribution in [0.2, 0.25) is 5.02 Å². The Kier molecular flexibility index (Phi) is 5.26. The van der Waals surface area contributed by atoms with E-state index in [9.17, 15) is 20.0 Å². The lowest BCUT2D eigenvalue weighted by molar-refractivity contribution is -0.384. The predicted octanol–water partition coefficient (Wildman–Crippen LogP) is 1.99. The third-order valence-electron chi connectivity index (χ3n) is 2.60. The molecule has 0 bridgehead atoms. The Morgan fingerprint density at radius 1 is 1.47 bits per heavy atom. The monoisotopic (exact) mass is 286 g/mol. The quantitative estimate of drug-likeness (QED) is 0.639. The maximum absolute atomic E-state index is 11.8. The summed E-state index contributed by atoms with van der Waals surface area (Å²) >= 11 is 5.72. The lowest BCUT2D eigenvalue weighted by Gasteiger charge is -2.15. The second kappa shape index (κ2) is 6.49. The molecule has 0 heterocycles. The van der Waals surface area contributed by atoms with Crippen molar-refractivity contribution >= 4 is 23.2 Å². The molecule has 7 heteroatoms. The van der Waals surface area contributed by atoms with Gasteiger partial charge in [-0.05, 0) is 12.0 Å². The fourth-order valence-electron chi connectivity index (χ4n) is 1.35. The van der Waals surface area contributed by atoms with Crippen molar-refractivity contribution in [1.82, 2.24) is 5.32 Å². The lowest BCUT2D eigenvalue weighted by atomic mass is 10.1. The summed E-state index contributed by atoms with van der Waals surface area (Å²) in [4.78, 5) is 21.8. The van der Waals surface area contributed by atoms with Gasteiger partial charge in [0.1, 0.15) is 0 Å². The highest BCUT2D eigenvalue weighted by molar-refractivity contribution is 6.31. The van der Waals surface area contributed by atoms with Crippen LogP contribution in [0.15, 0.2) is 18.2 Å². The summed E-state index contributed by atoms with van der Waals surface area (Å²) in [6, 6.07) is 3.65. The molecule has 0 aliphatic rings. The van der Waals surface area contributed by atoms with Crippen LogP contribution in [0, 0.1) is 16.0 Å². The first kappa shape index (κ1) is 15.4. The normalized spacial score (nSPS) is 12.3. The van der Waals surface area contributed by atoms with E-state index < -0.39 is 16.9 Å². The van der Waals surface area contributed by atoms with Gasteiger partial charge >= 0.3 is 0 Å². The predicted molar refractivity (Wildman–Crippen MR) is 71.3 cm³/mol. The number of carbonyl (C=O) groups is 1. The lowest BCUT2D eigenvalue weighted by Crippen LogP contribution is -2.34. The van der Waals surface area contributed by atoms with E-state index >= 15 is 0 Å². The van der Waals surface area contributed by atoms with Gasteiger partial charge in [-0.15, -0.1) is 0 Å². The van der Waals surface area contributed by atoms with Crippen LogP contribution in [0.25, 0.3) is 0 Å². The van der Waals surface area contributed by atoms with Crippen molar-refractivity contribution < 1.29 is 14.8 Å². The maximum Gasteiger partial charge on any atom is 0.271 e. The Balaban J connectivity index is 2.80. The summed E-state index contributed by atoms with van der Waals surface area (Å²) in [5.74, 6) is -0.501. The number of nitro groups is 1. The van der Waals surface area contributed by atoms with Gasteiger partial charge in [-0.1, -0.05) is 25.4 Å². The standard InChI is InChI=1S/C12H15ClN2O4/c1-7(2)11(16)6-14-12(17)8-3-9(13)5-10(4-8)15(18)19/h3-5,7,11,16H,6H2,1-2H3,(H,14,17). The number of rotatable bonds is 5. The van der Waals surface area contributed by atoms with E-state index in [0.717, 1.165) is 6.07 Å². The number of nitrogens with zero attached hydrogens (tertiary/aromatic N) is 1. The number of hydrogen-bond acceptors (Lipinski definition) is 4. The molecular weight excluding hydrogens is 272 g/mol. The number of non-ortho nitro benzene ring substituents is 1. The molecule has 0 aliphatic heterocycles. The minimum Gasteiger partial charge on any atom is -0.391 e. The number of aliphatic hydroxyl groups is 1. The van der Waals surface area contributed by atoms with Gasteiger partial charge in [-0.25, -0.2) is 0 Å². The number of halogens is 1. The summed E-state index contributed by atoms with van der Waals surface area (Å²) in [6.45, 7) is 3.72. The summed E-state index contributed by atoms with van der Waals surface area (Å²) in [7, 11) is 0. The molecule has 0 fully saturated rings. The molecule has 1 unspecified atom stereocenters. The first-order valence-electron chi connectivity index (χ1n) is 5.72. The molecule has 104 valence electrons. The van der Waals surface area contributed by atoms with Crippen LogP contribution in [0.3, 0.4) is 0 Å². The average Bonchev–Trinajstić information content (AvgIpc) is 2.34. The smallest absolute Gasteiger partial charge is 0.271 e. The zero-order valence-corrected chi connectivity index (χ0v) is 11.3. The zero-order chi connectivity index (χ0) is 14.6. The van der Waals surface area contributed by atoms with Crippen LogP contribution in [0.5, 0.6) is 0 Å². The van der Waals surface area contributed by atoms with Gasteiger partial charge < -0.3 is 10.4 Å². The van der Waals surface area contributed by atoms with E-state index in [1.165, 1.54) is 12.1 Å². The Bertz CT molecular complexity index is 491. The molecule has 1 amide bonds. The van der Waals surface area contributed by atoms with Crippen molar-refractivity contribution in [3.63, 3.8) is 0 Å². The number of aliphatic hydroxyl groups excluding tert-OH is 1. The molecule has 0 saturated heterocycles. The number of benzene rings is 1. The van der Waals surface area contributed by atoms with E-state index in [2.05, 4.69) is 5.32 Å². The van der Waals surface area contributed by atoms with Crippen molar-refractivity contribution in [2.24, 2.45) is 5.92 Å². The first-order valence-corrected chi connectivity index (χ1v) is 6.10. The van der Waals surface area contributed by atoms with Gasteiger partial charge in [0, 0.05) is 29.3 Å². The zero-order valence-electron chi connectivity index (χ0n) is 10.6. The topological polar surface area (TPSA) is 92.5 Å². The van der Waals surface area contributed by atoms with Gasteiger partial charge in [-0.2, -0.15) is 0 Å². The van der Waals surface area contributed by atoms with E-state index in [1.54, 1.807) is 0 Å². The molecule has 19 heavy (non-hydrogen) atoms. The number of nitrogens with one attached hydrogen (secondary N) is 1. The van der Waals surface area contributed by atoms with Crippen LogP contribution in [-0.4, -0.2) is 28.6 Å². The van der Waals surface area contributed by atoms with Crippen molar-refractivity contribution in [1.29, 1.82) is 0 Å². The van der Waals surface area contributed by atoms with E-state index in [4.69, 9.17) is 11.6 Å². The first-order chi connectivity index (χ1) is 8.81. The van der Waals surface area contributed by atoms with Crippen molar-refractivity contribution in [3.05, 3.63) is 38.9 Å². The minimum absolute atomic E-state index is 0.00833. The van der Waals surface area contributed by atoms with Crippen molar-refractivity contribution in [2.45, 2.75) is 20.0 Å². The molecule has 1 rings (SSSR count). The van der Waals surface area contributed by atoms with E-state index in [-0.39, 0.29) is 28.7 Å². The molecule has 6 nitrogen and oxygen atoms in total. The molecule has 0 aliphatic carbocycles. The summed E-state index contributed by atoms with van der Waals surface area (Å²) < 4.78 is 0. The SMILES string of the molecule is CC(C)C(O)CNC(=O)c1cc(Cl)cc([N+](=O)[O-])c1. The molecule has 1 aromatic rings. The Labute approximate surface area is 115 Å². The highest BCUT2D eigenvalue weighted by Crippen LogP contribution is 2.20. The Morgan fingerprint density at radius 2 is 2.11 bits per heavy atom. The Hall–Kier alpha value is -1.66. The molecule has 1 atom stereocenters. The molecule has 0 radical (unpaired) electrons. The number of hydrogen-bond donors (Lipinski definition) is 2. The molecular formula is C12H15ClN2O4. The maximum atomic E-state index is 11.8. The molecule has 0 aromatic heterocycles. The van der Waals surface area contributed by atoms with E-state index in [1.807, 2.05) is 13.8 Å². The summed E-state index contributed by atoms with van der Waals surface area (Å²) in [6.07, 6.45) is -0.668. The van der Waals surface area contributed by atoms with Crippen LogP contribution in [0.1, 0.15) is 24.2 Å². The minimum atomic E-state index is -0.668. The number of amides is 1. The largest absolute Gasteiger partial charge is 0.391 e. The number of carbonyl (C=O) groups excluding carboxylic acids is 1. The third kappa shape index (κ3) is 4.50. The fourth-order valence-corrected chi connectivity index (χ4v) is 1.58. The van der Waals surface area contributed by atoms with Gasteiger partial charge in [0.25, 0.3) is 11.6 Å². The molecule has 1 aromatic carbocycles. The van der Waals surface area contributed by atoms with Gasteiger partial charge in [-0.3, -0.25) is 14.9 Å². The highest BCUT2D eigenvalue weighted by atomic mass is 35.5. The summed E-state index contributed by atoms with van der Waals surface area (Å²) in [5.41, 5.74) is -0.155. The van der Waals surface area contributed by atoms with E-state index in [0.29, 0.717) is 0 Å². The molecule has 2 N–H and O–H groups in total. The molecule has 0 spiro atoms. The fraction of sp³-hybridized carbons (Fsp3) is 0.417. The van der Waals surface area contributed by atoms with Crippen LogP contribution in [0.4, 0.5) is 5.69 Å². The Morgan fingerprint density at radius 3 is 2.63 bits per heavy atom.